The molecule has 2 aromatic rings. The van der Waals surface area contributed by atoms with Crippen LogP contribution in [0.1, 0.15) is 61.8 Å². The van der Waals surface area contributed by atoms with Crippen LogP contribution in [0.5, 0.6) is 11.5 Å². The van der Waals surface area contributed by atoms with Crippen molar-refractivity contribution in [2.45, 2.75) is 80.8 Å². The molecule has 2 heterocycles. The third kappa shape index (κ3) is 3.33. The van der Waals surface area contributed by atoms with E-state index in [-0.39, 0.29) is 23.7 Å². The summed E-state index contributed by atoms with van der Waals surface area (Å²) in [5, 5.41) is 26.7. The van der Waals surface area contributed by atoms with Gasteiger partial charge in [0.1, 0.15) is 6.10 Å². The number of phenolic OH excluding ortho intramolecular Hbond substituents is 1. The van der Waals surface area contributed by atoms with Crippen molar-refractivity contribution in [2.24, 2.45) is 5.92 Å². The number of amides is 1. The van der Waals surface area contributed by atoms with Crippen molar-refractivity contribution >= 4 is 5.91 Å². The fraction of sp³-hybridized carbons (Fsp3) is 0.567. The lowest BCUT2D eigenvalue weighted by molar-refractivity contribution is -0.192. The molecule has 2 aliphatic heterocycles. The molecular formula is C30H36N2O5. The number of ether oxygens (including phenoxy) is 2. The Hall–Kier alpha value is -2.61. The molecule has 1 spiro atoms. The van der Waals surface area contributed by atoms with Crippen molar-refractivity contribution < 1.29 is 24.5 Å². The van der Waals surface area contributed by atoms with Gasteiger partial charge in [-0.15, -0.1) is 0 Å². The monoisotopic (exact) mass is 504 g/mol. The fourth-order valence-electron chi connectivity index (χ4n) is 8.01. The van der Waals surface area contributed by atoms with E-state index >= 15 is 0 Å². The molecule has 3 N–H and O–H groups in total. The number of nitrogens with zero attached hydrogens (tertiary/aromatic N) is 1. The summed E-state index contributed by atoms with van der Waals surface area (Å²) in [7, 11) is 0. The van der Waals surface area contributed by atoms with E-state index in [1.54, 1.807) is 6.07 Å². The third-order valence-electron chi connectivity index (χ3n) is 9.76. The Bertz CT molecular complexity index is 1220. The Balaban J connectivity index is 1.25. The smallest absolute Gasteiger partial charge is 0.254 e. The van der Waals surface area contributed by atoms with Crippen molar-refractivity contribution in [1.82, 2.24) is 10.2 Å². The quantitative estimate of drug-likeness (QED) is 0.537. The number of carbonyl (C=O) groups excluding carboxylic acids is 1. The van der Waals surface area contributed by atoms with Gasteiger partial charge in [0.05, 0.1) is 17.1 Å². The predicted octanol–water partition coefficient (Wildman–Crippen LogP) is 3.22. The van der Waals surface area contributed by atoms with Crippen LogP contribution in [0.15, 0.2) is 42.5 Å². The number of likely N-dealkylation sites (tertiary alicyclic amines) is 1. The summed E-state index contributed by atoms with van der Waals surface area (Å²) in [5.41, 5.74) is 1.34. The Labute approximate surface area is 217 Å². The van der Waals surface area contributed by atoms with Gasteiger partial charge in [0, 0.05) is 24.8 Å². The zero-order chi connectivity index (χ0) is 25.4. The molecule has 2 saturated carbocycles. The molecule has 2 aromatic carbocycles. The van der Waals surface area contributed by atoms with Crippen molar-refractivity contribution in [3.63, 3.8) is 0 Å². The van der Waals surface area contributed by atoms with Crippen molar-refractivity contribution in [1.29, 1.82) is 0 Å². The maximum Gasteiger partial charge on any atom is 0.254 e. The molecule has 2 bridgehead atoms. The summed E-state index contributed by atoms with van der Waals surface area (Å²) >= 11 is 0. The topological polar surface area (TPSA) is 91.3 Å². The first-order valence-electron chi connectivity index (χ1n) is 13.9. The highest BCUT2D eigenvalue weighted by atomic mass is 16.5. The highest BCUT2D eigenvalue weighted by molar-refractivity contribution is 5.82. The van der Waals surface area contributed by atoms with E-state index in [2.05, 4.69) is 10.2 Å². The van der Waals surface area contributed by atoms with Gasteiger partial charge in [0.25, 0.3) is 5.91 Å². The standard InChI is InChI=1S/C30H36N2O5/c1-2-36-25(19-6-4-3-5-7-19)28(34)31-21-12-13-30(35)23-16-20-10-11-22(33)26-24(20)29(30,27(21)37-26)14-15-32(23)17-18-8-9-18/h3-7,10-11,18,21,23,25,27,33,35H,2,8-9,12-17H2,1H3,(H,31,34)/t21?,23-,25?,27?,29+,30-/m1/s1. The molecule has 0 aromatic heterocycles. The highest BCUT2D eigenvalue weighted by Crippen LogP contribution is 2.65. The Morgan fingerprint density at radius 2 is 2.00 bits per heavy atom. The van der Waals surface area contributed by atoms with Gasteiger partial charge in [-0.25, -0.2) is 0 Å². The molecule has 1 amide bonds. The van der Waals surface area contributed by atoms with E-state index in [1.807, 2.05) is 43.3 Å². The molecule has 37 heavy (non-hydrogen) atoms. The molecule has 3 aliphatic carbocycles. The van der Waals surface area contributed by atoms with Gasteiger partial charge in [-0.3, -0.25) is 9.69 Å². The average molecular weight is 505 g/mol. The molecule has 196 valence electrons. The molecule has 6 atom stereocenters. The molecule has 7 heteroatoms. The van der Waals surface area contributed by atoms with Crippen LogP contribution in [-0.2, 0) is 21.4 Å². The largest absolute Gasteiger partial charge is 0.504 e. The van der Waals surface area contributed by atoms with Crippen LogP contribution in [0, 0.1) is 5.92 Å². The highest BCUT2D eigenvalue weighted by Gasteiger charge is 2.73. The molecule has 3 fully saturated rings. The summed E-state index contributed by atoms with van der Waals surface area (Å²) in [5.74, 6) is 1.17. The minimum atomic E-state index is -0.961. The number of hydrogen-bond acceptors (Lipinski definition) is 6. The lowest BCUT2D eigenvalue weighted by atomic mass is 9.48. The van der Waals surface area contributed by atoms with Crippen LogP contribution >= 0.6 is 0 Å². The molecule has 3 unspecified atom stereocenters. The maximum atomic E-state index is 13.6. The van der Waals surface area contributed by atoms with E-state index in [1.165, 1.54) is 12.8 Å². The maximum absolute atomic E-state index is 13.6. The van der Waals surface area contributed by atoms with Crippen LogP contribution in [0.2, 0.25) is 0 Å². The van der Waals surface area contributed by atoms with E-state index in [0.717, 1.165) is 48.5 Å². The van der Waals surface area contributed by atoms with E-state index in [9.17, 15) is 15.0 Å². The number of hydrogen-bond donors (Lipinski definition) is 3. The van der Waals surface area contributed by atoms with Gasteiger partial charge in [0.15, 0.2) is 17.6 Å². The second-order valence-corrected chi connectivity index (χ2v) is 11.7. The van der Waals surface area contributed by atoms with Crippen LogP contribution in [0.4, 0.5) is 0 Å². The minimum absolute atomic E-state index is 0.0214. The van der Waals surface area contributed by atoms with Gasteiger partial charge in [-0.2, -0.15) is 0 Å². The first-order valence-corrected chi connectivity index (χ1v) is 13.9. The number of carbonyl (C=O) groups is 1. The fourth-order valence-corrected chi connectivity index (χ4v) is 8.01. The lowest BCUT2D eigenvalue weighted by Crippen LogP contribution is -2.78. The summed E-state index contributed by atoms with van der Waals surface area (Å²) in [6.07, 6.45) is 4.12. The minimum Gasteiger partial charge on any atom is -0.504 e. The van der Waals surface area contributed by atoms with Gasteiger partial charge in [-0.1, -0.05) is 36.4 Å². The molecule has 0 radical (unpaired) electrons. The number of aliphatic hydroxyl groups is 1. The summed E-state index contributed by atoms with van der Waals surface area (Å²) in [6, 6.07) is 13.0. The molecule has 7 rings (SSSR count). The number of aromatic hydroxyl groups is 1. The number of benzene rings is 2. The zero-order valence-electron chi connectivity index (χ0n) is 21.4. The molecule has 5 aliphatic rings. The van der Waals surface area contributed by atoms with Crippen LogP contribution < -0.4 is 10.1 Å². The van der Waals surface area contributed by atoms with Crippen molar-refractivity contribution in [3.8, 4) is 11.5 Å². The average Bonchev–Trinajstić information content (AvgIpc) is 3.64. The Kier molecular flexibility index (Phi) is 5.37. The Morgan fingerprint density at radius 3 is 2.76 bits per heavy atom. The van der Waals surface area contributed by atoms with Crippen molar-refractivity contribution in [3.05, 3.63) is 59.2 Å². The SMILES string of the molecule is CCOC(C(=O)NC1CC[C@@]2(O)[C@H]3Cc4ccc(O)c5c4[C@@]2(CCN3CC2CC2)C1O5)c1ccccc1. The van der Waals surface area contributed by atoms with Gasteiger partial charge < -0.3 is 25.0 Å². The molecule has 1 saturated heterocycles. The number of piperidine rings is 1. The number of nitrogens with one attached hydrogen (secondary N) is 1. The summed E-state index contributed by atoms with van der Waals surface area (Å²) in [6.45, 7) is 4.25. The summed E-state index contributed by atoms with van der Waals surface area (Å²) < 4.78 is 12.5. The van der Waals surface area contributed by atoms with Crippen LogP contribution in [0.3, 0.4) is 0 Å². The van der Waals surface area contributed by atoms with Gasteiger partial charge in [-0.05, 0) is 75.1 Å². The third-order valence-corrected chi connectivity index (χ3v) is 9.76. The normalized spacial score (nSPS) is 34.4. The first-order chi connectivity index (χ1) is 18.0. The van der Waals surface area contributed by atoms with E-state index in [0.29, 0.717) is 25.2 Å². The molecule has 7 nitrogen and oxygen atoms in total. The van der Waals surface area contributed by atoms with Crippen LogP contribution in [-0.4, -0.2) is 64.5 Å². The predicted molar refractivity (Wildman–Crippen MR) is 138 cm³/mol. The second kappa shape index (κ2) is 8.45. The van der Waals surface area contributed by atoms with Crippen LogP contribution in [0.25, 0.3) is 0 Å². The van der Waals surface area contributed by atoms with E-state index < -0.39 is 23.2 Å². The van der Waals surface area contributed by atoms with E-state index in [4.69, 9.17) is 9.47 Å². The Morgan fingerprint density at radius 1 is 1.19 bits per heavy atom. The lowest BCUT2D eigenvalue weighted by Gasteiger charge is -2.64. The van der Waals surface area contributed by atoms with Crippen molar-refractivity contribution in [2.75, 3.05) is 19.7 Å². The number of phenols is 1. The van der Waals surface area contributed by atoms with Gasteiger partial charge in [0.2, 0.25) is 0 Å². The second-order valence-electron chi connectivity index (χ2n) is 11.7. The first kappa shape index (κ1) is 23.5. The zero-order valence-corrected chi connectivity index (χ0v) is 21.4. The summed E-state index contributed by atoms with van der Waals surface area (Å²) in [4.78, 5) is 16.1. The molecular weight excluding hydrogens is 468 g/mol. The van der Waals surface area contributed by atoms with Gasteiger partial charge >= 0.3 is 0 Å². The number of rotatable bonds is 7.